The van der Waals surface area contributed by atoms with Crippen molar-refractivity contribution in [3.05, 3.63) is 29.8 Å². The fraction of sp³-hybridized carbons (Fsp3) is 0.611. The Morgan fingerprint density at radius 3 is 2.04 bits per heavy atom. The summed E-state index contributed by atoms with van der Waals surface area (Å²) in [7, 11) is -3.31. The predicted molar refractivity (Wildman–Crippen MR) is 103 cm³/mol. The molecular weight excluding hydrogens is 338 g/mol. The summed E-state index contributed by atoms with van der Waals surface area (Å²) in [4.78, 5) is 14.6. The van der Waals surface area contributed by atoms with Gasteiger partial charge in [0.05, 0.1) is 6.26 Å². The molecular formula is C18H31N3O3S. The number of benzene rings is 1. The number of amides is 1. The standard InChI is InChI=1S/C18H31N3O3S/c1-4-6-13-21(14-7-5-2)15-12-19-18(22)16-8-10-17(11-9-16)20-25(3,23)24/h8-11,20H,4-7,12-15H2,1-3H3,(H,19,22). The zero-order chi connectivity index (χ0) is 18.7. The molecule has 1 rings (SSSR count). The summed E-state index contributed by atoms with van der Waals surface area (Å²) < 4.78 is 24.7. The van der Waals surface area contributed by atoms with Gasteiger partial charge in [0.15, 0.2) is 0 Å². The van der Waals surface area contributed by atoms with E-state index < -0.39 is 10.0 Å². The number of anilines is 1. The van der Waals surface area contributed by atoms with E-state index in [1.165, 1.54) is 25.7 Å². The fourth-order valence-corrected chi connectivity index (χ4v) is 3.00. The number of hydrogen-bond acceptors (Lipinski definition) is 4. The van der Waals surface area contributed by atoms with Crippen molar-refractivity contribution in [1.29, 1.82) is 0 Å². The average Bonchev–Trinajstić information content (AvgIpc) is 2.55. The first-order valence-corrected chi connectivity index (χ1v) is 10.8. The van der Waals surface area contributed by atoms with E-state index in [9.17, 15) is 13.2 Å². The van der Waals surface area contributed by atoms with Crippen LogP contribution in [0.15, 0.2) is 24.3 Å². The van der Waals surface area contributed by atoms with E-state index in [1.807, 2.05) is 0 Å². The van der Waals surface area contributed by atoms with Gasteiger partial charge in [-0.05, 0) is 50.2 Å². The maximum atomic E-state index is 12.2. The lowest BCUT2D eigenvalue weighted by molar-refractivity contribution is 0.0948. The molecule has 7 heteroatoms. The Morgan fingerprint density at radius 1 is 1.00 bits per heavy atom. The molecule has 0 unspecified atom stereocenters. The van der Waals surface area contributed by atoms with Crippen molar-refractivity contribution in [1.82, 2.24) is 10.2 Å². The molecule has 142 valence electrons. The van der Waals surface area contributed by atoms with Gasteiger partial charge in [0.1, 0.15) is 0 Å². The quantitative estimate of drug-likeness (QED) is 0.594. The fourth-order valence-electron chi connectivity index (χ4n) is 2.43. The molecule has 0 aromatic heterocycles. The van der Waals surface area contributed by atoms with Crippen LogP contribution in [0.25, 0.3) is 0 Å². The number of nitrogens with zero attached hydrogens (tertiary/aromatic N) is 1. The minimum atomic E-state index is -3.31. The second kappa shape index (κ2) is 11.1. The third-order valence-corrected chi connectivity index (χ3v) is 4.43. The van der Waals surface area contributed by atoms with Crippen LogP contribution in [0.4, 0.5) is 5.69 Å². The van der Waals surface area contributed by atoms with Gasteiger partial charge < -0.3 is 10.2 Å². The summed E-state index contributed by atoms with van der Waals surface area (Å²) in [6.07, 6.45) is 5.78. The maximum absolute atomic E-state index is 12.2. The van der Waals surface area contributed by atoms with E-state index in [4.69, 9.17) is 0 Å². The van der Waals surface area contributed by atoms with Crippen LogP contribution < -0.4 is 10.0 Å². The first-order valence-electron chi connectivity index (χ1n) is 8.94. The summed E-state index contributed by atoms with van der Waals surface area (Å²) in [5.74, 6) is -0.142. The second-order valence-electron chi connectivity index (χ2n) is 6.26. The Labute approximate surface area is 152 Å². The lowest BCUT2D eigenvalue weighted by atomic mass is 10.2. The summed E-state index contributed by atoms with van der Waals surface area (Å²) in [5.41, 5.74) is 0.970. The van der Waals surface area contributed by atoms with E-state index in [0.29, 0.717) is 17.8 Å². The predicted octanol–water partition coefficient (Wildman–Crippen LogP) is 2.69. The molecule has 0 heterocycles. The van der Waals surface area contributed by atoms with Gasteiger partial charge in [0, 0.05) is 24.3 Å². The molecule has 2 N–H and O–H groups in total. The zero-order valence-corrected chi connectivity index (χ0v) is 16.4. The number of nitrogens with one attached hydrogen (secondary N) is 2. The Bertz CT molecular complexity index is 607. The molecule has 0 saturated heterocycles. The van der Waals surface area contributed by atoms with E-state index in [0.717, 1.165) is 25.9 Å². The molecule has 1 aromatic carbocycles. The molecule has 25 heavy (non-hydrogen) atoms. The molecule has 6 nitrogen and oxygen atoms in total. The number of carbonyl (C=O) groups is 1. The molecule has 1 aromatic rings. The molecule has 0 saturated carbocycles. The molecule has 0 aliphatic heterocycles. The summed E-state index contributed by atoms with van der Waals surface area (Å²) >= 11 is 0. The molecule has 1 amide bonds. The lowest BCUT2D eigenvalue weighted by Gasteiger charge is -2.22. The van der Waals surface area contributed by atoms with Gasteiger partial charge in [-0.1, -0.05) is 26.7 Å². The summed E-state index contributed by atoms with van der Waals surface area (Å²) in [6, 6.07) is 6.42. The highest BCUT2D eigenvalue weighted by Gasteiger charge is 2.08. The van der Waals surface area contributed by atoms with Crippen LogP contribution in [0.2, 0.25) is 0 Å². The van der Waals surface area contributed by atoms with Crippen molar-refractivity contribution in [2.24, 2.45) is 0 Å². The highest BCUT2D eigenvalue weighted by molar-refractivity contribution is 7.92. The first-order chi connectivity index (χ1) is 11.9. The van der Waals surface area contributed by atoms with Crippen LogP contribution in [0.5, 0.6) is 0 Å². The minimum absolute atomic E-state index is 0.142. The molecule has 0 bridgehead atoms. The van der Waals surface area contributed by atoms with Gasteiger partial charge >= 0.3 is 0 Å². The number of carbonyl (C=O) groups excluding carboxylic acids is 1. The van der Waals surface area contributed by atoms with Crippen molar-refractivity contribution in [2.75, 3.05) is 37.2 Å². The molecule has 0 aliphatic rings. The number of sulfonamides is 1. The first kappa shape index (κ1) is 21.4. The Kier molecular flexibility index (Phi) is 9.52. The maximum Gasteiger partial charge on any atom is 0.251 e. The van der Waals surface area contributed by atoms with Crippen molar-refractivity contribution in [2.45, 2.75) is 39.5 Å². The van der Waals surface area contributed by atoms with Crippen molar-refractivity contribution in [3.8, 4) is 0 Å². The molecule has 0 spiro atoms. The van der Waals surface area contributed by atoms with E-state index in [-0.39, 0.29) is 5.91 Å². The van der Waals surface area contributed by atoms with Crippen molar-refractivity contribution < 1.29 is 13.2 Å². The third-order valence-electron chi connectivity index (χ3n) is 3.82. The monoisotopic (exact) mass is 369 g/mol. The van der Waals surface area contributed by atoms with E-state index >= 15 is 0 Å². The van der Waals surface area contributed by atoms with Crippen LogP contribution in [0.3, 0.4) is 0 Å². The van der Waals surface area contributed by atoms with Crippen LogP contribution in [0.1, 0.15) is 49.9 Å². The topological polar surface area (TPSA) is 78.5 Å². The Hall–Kier alpha value is -1.60. The molecule has 0 fully saturated rings. The largest absolute Gasteiger partial charge is 0.351 e. The number of unbranched alkanes of at least 4 members (excludes halogenated alkanes) is 2. The van der Waals surface area contributed by atoms with Gasteiger partial charge in [-0.3, -0.25) is 9.52 Å². The third kappa shape index (κ3) is 9.45. The van der Waals surface area contributed by atoms with E-state index in [2.05, 4.69) is 28.8 Å². The highest BCUT2D eigenvalue weighted by atomic mass is 32.2. The summed E-state index contributed by atoms with van der Waals surface area (Å²) in [5, 5.41) is 2.93. The van der Waals surface area contributed by atoms with Crippen LogP contribution in [-0.4, -0.2) is 51.7 Å². The van der Waals surface area contributed by atoms with Crippen molar-refractivity contribution in [3.63, 3.8) is 0 Å². The molecule has 0 aliphatic carbocycles. The van der Waals surface area contributed by atoms with Gasteiger partial charge in [0.25, 0.3) is 5.91 Å². The zero-order valence-electron chi connectivity index (χ0n) is 15.5. The minimum Gasteiger partial charge on any atom is -0.351 e. The van der Waals surface area contributed by atoms with E-state index in [1.54, 1.807) is 24.3 Å². The molecule has 0 radical (unpaired) electrons. The molecule has 0 atom stereocenters. The van der Waals surface area contributed by atoms with Gasteiger partial charge in [-0.25, -0.2) is 8.42 Å². The smallest absolute Gasteiger partial charge is 0.251 e. The Balaban J connectivity index is 2.46. The van der Waals surface area contributed by atoms with Gasteiger partial charge in [-0.2, -0.15) is 0 Å². The second-order valence-corrected chi connectivity index (χ2v) is 8.00. The van der Waals surface area contributed by atoms with Gasteiger partial charge in [0.2, 0.25) is 10.0 Å². The Morgan fingerprint density at radius 2 is 1.56 bits per heavy atom. The van der Waals surface area contributed by atoms with Crippen molar-refractivity contribution >= 4 is 21.6 Å². The number of rotatable bonds is 12. The van der Waals surface area contributed by atoms with Crippen LogP contribution in [0, 0.1) is 0 Å². The SMILES string of the molecule is CCCCN(CCCC)CCNC(=O)c1ccc(NS(C)(=O)=O)cc1. The average molecular weight is 370 g/mol. The summed E-state index contributed by atoms with van der Waals surface area (Å²) in [6.45, 7) is 7.95. The lowest BCUT2D eigenvalue weighted by Crippen LogP contribution is -2.36. The normalized spacial score (nSPS) is 11.5. The van der Waals surface area contributed by atoms with Crippen LogP contribution >= 0.6 is 0 Å². The highest BCUT2D eigenvalue weighted by Crippen LogP contribution is 2.10. The van der Waals surface area contributed by atoms with Gasteiger partial charge in [-0.15, -0.1) is 0 Å². The number of hydrogen-bond donors (Lipinski definition) is 2. The van der Waals surface area contributed by atoms with Crippen LogP contribution in [-0.2, 0) is 10.0 Å².